The monoisotopic (exact) mass is 333 g/mol. The van der Waals surface area contributed by atoms with E-state index in [1.54, 1.807) is 18.2 Å². The minimum Gasteiger partial charge on any atom is -0.497 e. The summed E-state index contributed by atoms with van der Waals surface area (Å²) in [7, 11) is -0.176. The summed E-state index contributed by atoms with van der Waals surface area (Å²) in [6, 6.07) is 7.17. The van der Waals surface area contributed by atoms with Crippen LogP contribution in [0.25, 0.3) is 0 Å². The molecule has 0 spiro atoms. The lowest BCUT2D eigenvalue weighted by Gasteiger charge is -2.21. The fourth-order valence-electron chi connectivity index (χ4n) is 2.59. The number of ether oxygens (including phenoxy) is 1. The molecule has 1 aliphatic rings. The molecule has 2 aromatic rings. The first kappa shape index (κ1) is 15.2. The average molecular weight is 333 g/mol. The van der Waals surface area contributed by atoms with E-state index < -0.39 is 21.7 Å². The third kappa shape index (κ3) is 2.46. The Kier molecular flexibility index (Phi) is 3.61. The van der Waals surface area contributed by atoms with Gasteiger partial charge in [0.15, 0.2) is 0 Å². The van der Waals surface area contributed by atoms with Crippen molar-refractivity contribution in [2.45, 2.75) is 16.2 Å². The SMILES string of the molecule is COc1ccc2c(c1)Cc1c(C(=O)O)cc([N+](=O)[O-])cc1S2=O. The number of hydrogen-bond donors (Lipinski definition) is 1. The normalized spacial score (nSPS) is 15.4. The molecule has 118 valence electrons. The van der Waals surface area contributed by atoms with E-state index in [1.807, 2.05) is 0 Å². The molecule has 1 N–H and O–H groups in total. The van der Waals surface area contributed by atoms with Gasteiger partial charge in [0.2, 0.25) is 0 Å². The highest BCUT2D eigenvalue weighted by atomic mass is 32.2. The van der Waals surface area contributed by atoms with Gasteiger partial charge in [-0.2, -0.15) is 0 Å². The highest BCUT2D eigenvalue weighted by molar-refractivity contribution is 7.85. The summed E-state index contributed by atoms with van der Waals surface area (Å²) in [5.74, 6) is -0.712. The molecule has 1 aliphatic heterocycles. The van der Waals surface area contributed by atoms with Crippen LogP contribution in [-0.2, 0) is 17.2 Å². The van der Waals surface area contributed by atoms with Gasteiger partial charge in [-0.1, -0.05) is 0 Å². The molecule has 3 rings (SSSR count). The second kappa shape index (κ2) is 5.47. The number of nitro benzene ring substituents is 1. The van der Waals surface area contributed by atoms with Gasteiger partial charge in [0.25, 0.3) is 5.69 Å². The van der Waals surface area contributed by atoms with Crippen LogP contribution in [0.3, 0.4) is 0 Å². The van der Waals surface area contributed by atoms with Crippen LogP contribution in [0.2, 0.25) is 0 Å². The number of non-ortho nitro benzene ring substituents is 1. The van der Waals surface area contributed by atoms with E-state index >= 15 is 0 Å². The predicted molar refractivity (Wildman–Crippen MR) is 80.5 cm³/mol. The van der Waals surface area contributed by atoms with Crippen molar-refractivity contribution in [3.8, 4) is 5.75 Å². The van der Waals surface area contributed by atoms with Gasteiger partial charge in [-0.25, -0.2) is 9.00 Å². The standard InChI is InChI=1S/C15H11NO6S/c1-22-10-2-3-13-8(4-10)5-11-12(15(17)18)6-9(16(19)20)7-14(11)23(13)21/h2-4,6-7H,5H2,1H3,(H,17,18). The minimum atomic E-state index is -1.68. The van der Waals surface area contributed by atoms with Crippen LogP contribution in [0.4, 0.5) is 5.69 Å². The van der Waals surface area contributed by atoms with Crippen LogP contribution in [0.5, 0.6) is 5.75 Å². The van der Waals surface area contributed by atoms with Gasteiger partial charge in [0, 0.05) is 23.4 Å². The lowest BCUT2D eigenvalue weighted by molar-refractivity contribution is -0.385. The second-order valence-electron chi connectivity index (χ2n) is 4.95. The number of hydrogen-bond acceptors (Lipinski definition) is 5. The maximum Gasteiger partial charge on any atom is 0.336 e. The van der Waals surface area contributed by atoms with E-state index in [-0.39, 0.29) is 22.6 Å². The van der Waals surface area contributed by atoms with Gasteiger partial charge in [-0.15, -0.1) is 0 Å². The van der Waals surface area contributed by atoms with E-state index in [1.165, 1.54) is 13.2 Å². The van der Waals surface area contributed by atoms with Crippen molar-refractivity contribution in [1.29, 1.82) is 0 Å². The third-order valence-electron chi connectivity index (χ3n) is 3.67. The van der Waals surface area contributed by atoms with Gasteiger partial charge in [0.05, 0.1) is 33.3 Å². The molecule has 0 bridgehead atoms. The fourth-order valence-corrected chi connectivity index (χ4v) is 4.02. The Hall–Kier alpha value is -2.74. The lowest BCUT2D eigenvalue weighted by Crippen LogP contribution is -2.15. The molecular formula is C15H11NO6S. The van der Waals surface area contributed by atoms with Crippen LogP contribution in [0.15, 0.2) is 40.1 Å². The molecule has 1 heterocycles. The van der Waals surface area contributed by atoms with Crippen LogP contribution < -0.4 is 4.74 Å². The molecule has 0 radical (unpaired) electrons. The summed E-state index contributed by atoms with van der Waals surface area (Å²) in [5, 5.41) is 20.3. The molecule has 0 aliphatic carbocycles. The summed E-state index contributed by atoms with van der Waals surface area (Å²) >= 11 is 0. The molecular weight excluding hydrogens is 322 g/mol. The van der Waals surface area contributed by atoms with E-state index in [4.69, 9.17) is 4.74 Å². The van der Waals surface area contributed by atoms with Crippen molar-refractivity contribution in [2.24, 2.45) is 0 Å². The van der Waals surface area contributed by atoms with Crippen LogP contribution in [0.1, 0.15) is 21.5 Å². The van der Waals surface area contributed by atoms with Crippen molar-refractivity contribution in [3.05, 3.63) is 57.1 Å². The molecule has 1 atom stereocenters. The summed E-state index contributed by atoms with van der Waals surface area (Å²) in [6.45, 7) is 0. The number of rotatable bonds is 3. The Bertz CT molecular complexity index is 877. The van der Waals surface area contributed by atoms with Crippen molar-refractivity contribution in [3.63, 3.8) is 0 Å². The van der Waals surface area contributed by atoms with Gasteiger partial charge in [-0.05, 0) is 29.3 Å². The van der Waals surface area contributed by atoms with Gasteiger partial charge >= 0.3 is 5.97 Å². The first-order valence-electron chi connectivity index (χ1n) is 6.55. The maximum absolute atomic E-state index is 12.7. The highest BCUT2D eigenvalue weighted by Gasteiger charge is 2.29. The maximum atomic E-state index is 12.7. The summed E-state index contributed by atoms with van der Waals surface area (Å²) in [5.41, 5.74) is 0.441. The Balaban J connectivity index is 2.24. The molecule has 7 nitrogen and oxygen atoms in total. The molecule has 23 heavy (non-hydrogen) atoms. The quantitative estimate of drug-likeness (QED) is 0.582. The zero-order chi connectivity index (χ0) is 16.7. The Labute approximate surface area is 133 Å². The number of benzene rings is 2. The molecule has 0 saturated carbocycles. The number of carboxylic acid groups (broad SMARTS) is 1. The second-order valence-corrected chi connectivity index (χ2v) is 6.37. The third-order valence-corrected chi connectivity index (χ3v) is 5.23. The van der Waals surface area contributed by atoms with Gasteiger partial charge < -0.3 is 9.84 Å². The van der Waals surface area contributed by atoms with Crippen molar-refractivity contribution in [1.82, 2.24) is 0 Å². The number of methoxy groups -OCH3 is 1. The zero-order valence-corrected chi connectivity index (χ0v) is 12.8. The average Bonchev–Trinajstić information content (AvgIpc) is 2.53. The molecule has 0 fully saturated rings. The lowest BCUT2D eigenvalue weighted by atomic mass is 9.98. The highest BCUT2D eigenvalue weighted by Crippen LogP contribution is 2.37. The van der Waals surface area contributed by atoms with E-state index in [0.717, 1.165) is 6.07 Å². The molecule has 0 saturated heterocycles. The summed E-state index contributed by atoms with van der Waals surface area (Å²) < 4.78 is 17.8. The number of carbonyl (C=O) groups is 1. The topological polar surface area (TPSA) is 107 Å². The van der Waals surface area contributed by atoms with Crippen LogP contribution in [0, 0.1) is 10.1 Å². The Morgan fingerprint density at radius 1 is 1.30 bits per heavy atom. The Morgan fingerprint density at radius 3 is 2.65 bits per heavy atom. The largest absolute Gasteiger partial charge is 0.497 e. The van der Waals surface area contributed by atoms with Crippen molar-refractivity contribution in [2.75, 3.05) is 7.11 Å². The summed E-state index contributed by atoms with van der Waals surface area (Å²) in [6.07, 6.45) is 0.229. The van der Waals surface area contributed by atoms with E-state index in [9.17, 15) is 24.2 Å². The van der Waals surface area contributed by atoms with Crippen LogP contribution in [-0.4, -0.2) is 27.3 Å². The smallest absolute Gasteiger partial charge is 0.336 e. The first-order chi connectivity index (χ1) is 10.9. The summed E-state index contributed by atoms with van der Waals surface area (Å²) in [4.78, 5) is 22.4. The number of nitrogens with zero attached hydrogens (tertiary/aromatic N) is 1. The van der Waals surface area contributed by atoms with Crippen molar-refractivity contribution >= 4 is 22.5 Å². The van der Waals surface area contributed by atoms with Crippen LogP contribution >= 0.6 is 0 Å². The van der Waals surface area contributed by atoms with Crippen molar-refractivity contribution < 1.29 is 23.8 Å². The zero-order valence-electron chi connectivity index (χ0n) is 11.9. The molecule has 2 aromatic carbocycles. The van der Waals surface area contributed by atoms with E-state index in [0.29, 0.717) is 21.8 Å². The molecule has 8 heteroatoms. The van der Waals surface area contributed by atoms with Gasteiger partial charge in [0.1, 0.15) is 5.75 Å². The number of carboxylic acids is 1. The number of fused-ring (bicyclic) bond motifs is 2. The number of nitro groups is 1. The molecule has 0 aromatic heterocycles. The minimum absolute atomic E-state index is 0.175. The Morgan fingerprint density at radius 2 is 2.04 bits per heavy atom. The first-order valence-corrected chi connectivity index (χ1v) is 7.70. The van der Waals surface area contributed by atoms with E-state index in [2.05, 4.69) is 0 Å². The molecule has 1 unspecified atom stereocenters. The number of aromatic carboxylic acids is 1. The van der Waals surface area contributed by atoms with Gasteiger partial charge in [-0.3, -0.25) is 10.1 Å². The fraction of sp³-hybridized carbons (Fsp3) is 0.133. The predicted octanol–water partition coefficient (Wildman–Crippen LogP) is 2.37. The molecule has 0 amide bonds.